The number of hydrogen-bond donors (Lipinski definition) is 1. The van der Waals surface area contributed by atoms with Crippen molar-refractivity contribution in [3.63, 3.8) is 0 Å². The van der Waals surface area contributed by atoms with Gasteiger partial charge in [-0.1, -0.05) is 6.07 Å². The van der Waals surface area contributed by atoms with Gasteiger partial charge >= 0.3 is 0 Å². The number of thioether (sulfide) groups is 1. The number of benzene rings is 1. The number of rotatable bonds is 4. The van der Waals surface area contributed by atoms with Crippen molar-refractivity contribution in [3.05, 3.63) is 54.4 Å². The van der Waals surface area contributed by atoms with Crippen molar-refractivity contribution in [3.8, 4) is 0 Å². The average molecular weight is 230 g/mol. The van der Waals surface area contributed by atoms with Crippen LogP contribution in [0.2, 0.25) is 0 Å². The van der Waals surface area contributed by atoms with Gasteiger partial charge in [0.15, 0.2) is 0 Å². The van der Waals surface area contributed by atoms with Crippen LogP contribution in [0.25, 0.3) is 0 Å². The van der Waals surface area contributed by atoms with E-state index in [1.807, 2.05) is 24.5 Å². The number of anilines is 1. The van der Waals surface area contributed by atoms with E-state index in [1.165, 1.54) is 10.5 Å². The third kappa shape index (κ3) is 3.00. The molecular weight excluding hydrogens is 216 g/mol. The SMILES string of the molecule is CSc1cccc(NCc2ccncc2)c1. The number of nitrogens with one attached hydrogen (secondary N) is 1. The van der Waals surface area contributed by atoms with E-state index in [0.717, 1.165) is 12.2 Å². The summed E-state index contributed by atoms with van der Waals surface area (Å²) in [5, 5.41) is 3.39. The molecule has 1 N–H and O–H groups in total. The fourth-order valence-corrected chi connectivity index (χ4v) is 1.90. The molecule has 0 saturated carbocycles. The molecule has 0 bridgehead atoms. The minimum absolute atomic E-state index is 0.834. The molecule has 16 heavy (non-hydrogen) atoms. The molecule has 0 spiro atoms. The van der Waals surface area contributed by atoms with Crippen LogP contribution in [-0.4, -0.2) is 11.2 Å². The molecule has 0 unspecified atom stereocenters. The van der Waals surface area contributed by atoms with Crippen molar-refractivity contribution >= 4 is 17.4 Å². The summed E-state index contributed by atoms with van der Waals surface area (Å²) in [6.07, 6.45) is 5.71. The van der Waals surface area contributed by atoms with E-state index < -0.39 is 0 Å². The van der Waals surface area contributed by atoms with Crippen LogP contribution in [0.5, 0.6) is 0 Å². The van der Waals surface area contributed by atoms with Crippen LogP contribution >= 0.6 is 11.8 Å². The second-order valence-electron chi connectivity index (χ2n) is 3.44. The van der Waals surface area contributed by atoms with Crippen LogP contribution in [0.4, 0.5) is 5.69 Å². The van der Waals surface area contributed by atoms with Crippen LogP contribution in [0.1, 0.15) is 5.56 Å². The van der Waals surface area contributed by atoms with E-state index in [9.17, 15) is 0 Å². The Bertz CT molecular complexity index is 443. The van der Waals surface area contributed by atoms with Crippen molar-refractivity contribution in [2.45, 2.75) is 11.4 Å². The molecular formula is C13H14N2S. The number of hydrogen-bond acceptors (Lipinski definition) is 3. The Kier molecular flexibility index (Phi) is 3.83. The summed E-state index contributed by atoms with van der Waals surface area (Å²) in [5.41, 5.74) is 2.40. The van der Waals surface area contributed by atoms with Gasteiger partial charge in [-0.05, 0) is 42.2 Å². The molecule has 2 nitrogen and oxygen atoms in total. The lowest BCUT2D eigenvalue weighted by Gasteiger charge is -2.07. The summed E-state index contributed by atoms with van der Waals surface area (Å²) < 4.78 is 0. The standard InChI is InChI=1S/C13H14N2S/c1-16-13-4-2-3-12(9-13)15-10-11-5-7-14-8-6-11/h2-9,15H,10H2,1H3. The Labute approximate surface area is 100 Å². The first-order valence-corrected chi connectivity index (χ1v) is 6.38. The van der Waals surface area contributed by atoms with Crippen molar-refractivity contribution in [2.24, 2.45) is 0 Å². The minimum Gasteiger partial charge on any atom is -0.381 e. The van der Waals surface area contributed by atoms with Gasteiger partial charge in [-0.15, -0.1) is 11.8 Å². The first-order chi connectivity index (χ1) is 7.88. The maximum atomic E-state index is 4.00. The summed E-state index contributed by atoms with van der Waals surface area (Å²) in [6, 6.07) is 12.5. The summed E-state index contributed by atoms with van der Waals surface area (Å²) >= 11 is 1.75. The van der Waals surface area contributed by atoms with E-state index >= 15 is 0 Å². The predicted molar refractivity (Wildman–Crippen MR) is 69.8 cm³/mol. The van der Waals surface area contributed by atoms with Gasteiger partial charge in [0.05, 0.1) is 0 Å². The van der Waals surface area contributed by atoms with Gasteiger partial charge in [-0.2, -0.15) is 0 Å². The zero-order valence-electron chi connectivity index (χ0n) is 9.18. The van der Waals surface area contributed by atoms with Crippen molar-refractivity contribution < 1.29 is 0 Å². The van der Waals surface area contributed by atoms with Crippen LogP contribution in [-0.2, 0) is 6.54 Å². The van der Waals surface area contributed by atoms with Gasteiger partial charge in [-0.3, -0.25) is 4.98 Å². The van der Waals surface area contributed by atoms with Crippen LogP contribution in [0, 0.1) is 0 Å². The molecule has 2 rings (SSSR count). The highest BCUT2D eigenvalue weighted by atomic mass is 32.2. The predicted octanol–water partition coefficient (Wildman–Crippen LogP) is 3.42. The lowest BCUT2D eigenvalue weighted by molar-refractivity contribution is 1.12. The number of pyridine rings is 1. The Morgan fingerprint density at radius 1 is 1.19 bits per heavy atom. The lowest BCUT2D eigenvalue weighted by Crippen LogP contribution is -1.99. The molecule has 1 heterocycles. The van der Waals surface area contributed by atoms with Crippen molar-refractivity contribution in [1.29, 1.82) is 0 Å². The highest BCUT2D eigenvalue weighted by Gasteiger charge is 1.95. The monoisotopic (exact) mass is 230 g/mol. The summed E-state index contributed by atoms with van der Waals surface area (Å²) in [4.78, 5) is 5.27. The highest BCUT2D eigenvalue weighted by molar-refractivity contribution is 7.98. The second kappa shape index (κ2) is 5.56. The summed E-state index contributed by atoms with van der Waals surface area (Å²) in [6.45, 7) is 0.834. The maximum Gasteiger partial charge on any atom is 0.0401 e. The van der Waals surface area contributed by atoms with Gasteiger partial charge in [0.2, 0.25) is 0 Å². The van der Waals surface area contributed by atoms with Crippen molar-refractivity contribution in [2.75, 3.05) is 11.6 Å². The molecule has 0 aliphatic heterocycles. The fraction of sp³-hybridized carbons (Fsp3) is 0.154. The van der Waals surface area contributed by atoms with Crippen LogP contribution < -0.4 is 5.32 Å². The molecule has 82 valence electrons. The van der Waals surface area contributed by atoms with E-state index in [2.05, 4.69) is 40.8 Å². The second-order valence-corrected chi connectivity index (χ2v) is 4.32. The molecule has 0 atom stereocenters. The molecule has 3 heteroatoms. The summed E-state index contributed by atoms with van der Waals surface area (Å²) in [7, 11) is 0. The highest BCUT2D eigenvalue weighted by Crippen LogP contribution is 2.19. The van der Waals surface area contributed by atoms with Crippen molar-refractivity contribution in [1.82, 2.24) is 4.98 Å². The Hall–Kier alpha value is -1.48. The minimum atomic E-state index is 0.834. The third-order valence-corrected chi connectivity index (χ3v) is 3.04. The van der Waals surface area contributed by atoms with Gasteiger partial charge < -0.3 is 5.32 Å². The molecule has 0 radical (unpaired) electrons. The molecule has 0 aliphatic carbocycles. The molecule has 1 aromatic carbocycles. The van der Waals surface area contributed by atoms with E-state index in [-0.39, 0.29) is 0 Å². The first kappa shape index (κ1) is 11.0. The quantitative estimate of drug-likeness (QED) is 0.815. The van der Waals surface area contributed by atoms with E-state index in [0.29, 0.717) is 0 Å². The molecule has 0 saturated heterocycles. The average Bonchev–Trinajstić information content (AvgIpc) is 2.38. The zero-order valence-corrected chi connectivity index (χ0v) is 10.00. The molecule has 2 aromatic rings. The van der Waals surface area contributed by atoms with Gasteiger partial charge in [0.1, 0.15) is 0 Å². The zero-order chi connectivity index (χ0) is 11.2. The maximum absolute atomic E-state index is 4.00. The van der Waals surface area contributed by atoms with E-state index in [1.54, 1.807) is 11.8 Å². The molecule has 1 aromatic heterocycles. The molecule has 0 fully saturated rings. The van der Waals surface area contributed by atoms with E-state index in [4.69, 9.17) is 0 Å². The normalized spacial score (nSPS) is 10.1. The van der Waals surface area contributed by atoms with Crippen LogP contribution in [0.3, 0.4) is 0 Å². The fourth-order valence-electron chi connectivity index (χ4n) is 1.44. The topological polar surface area (TPSA) is 24.9 Å². The smallest absolute Gasteiger partial charge is 0.0401 e. The lowest BCUT2D eigenvalue weighted by atomic mass is 10.2. The summed E-state index contributed by atoms with van der Waals surface area (Å²) in [5.74, 6) is 0. The Morgan fingerprint density at radius 2 is 2.00 bits per heavy atom. The number of nitrogens with zero attached hydrogens (tertiary/aromatic N) is 1. The van der Waals surface area contributed by atoms with Crippen LogP contribution in [0.15, 0.2) is 53.7 Å². The van der Waals surface area contributed by atoms with Gasteiger partial charge in [0.25, 0.3) is 0 Å². The number of aromatic nitrogens is 1. The Balaban J connectivity index is 1.99. The largest absolute Gasteiger partial charge is 0.381 e. The Morgan fingerprint density at radius 3 is 2.75 bits per heavy atom. The first-order valence-electron chi connectivity index (χ1n) is 5.15. The molecule has 0 amide bonds. The third-order valence-electron chi connectivity index (χ3n) is 2.32. The molecule has 0 aliphatic rings. The van der Waals surface area contributed by atoms with Gasteiger partial charge in [0, 0.05) is 29.5 Å². The van der Waals surface area contributed by atoms with Gasteiger partial charge in [-0.25, -0.2) is 0 Å².